The smallest absolute Gasteiger partial charge is 0.414 e. The van der Waals surface area contributed by atoms with E-state index in [1.165, 1.54) is 0 Å². The molecule has 45 heavy (non-hydrogen) atoms. The second kappa shape index (κ2) is 12.9. The third kappa shape index (κ3) is 6.17. The van der Waals surface area contributed by atoms with E-state index in [9.17, 15) is 24.3 Å². The molecule has 9 nitrogen and oxygen atoms in total. The van der Waals surface area contributed by atoms with Crippen LogP contribution in [0.25, 0.3) is 0 Å². The van der Waals surface area contributed by atoms with Crippen molar-refractivity contribution in [1.29, 1.82) is 0 Å². The Balaban J connectivity index is 1.20. The lowest BCUT2D eigenvalue weighted by Gasteiger charge is -2.61. The number of imide groups is 1. The van der Waals surface area contributed by atoms with E-state index in [1.807, 2.05) is 37.3 Å². The number of benzene rings is 1. The van der Waals surface area contributed by atoms with Gasteiger partial charge in [-0.1, -0.05) is 64.1 Å². The van der Waals surface area contributed by atoms with E-state index in [2.05, 4.69) is 32.7 Å². The monoisotopic (exact) mass is 622 g/mol. The van der Waals surface area contributed by atoms with E-state index in [1.54, 1.807) is 11.0 Å². The summed E-state index contributed by atoms with van der Waals surface area (Å²) in [4.78, 5) is 54.1. The second-order valence-corrected chi connectivity index (χ2v) is 14.7. The Bertz CT molecular complexity index is 1290. The number of hydrogen-bond donors (Lipinski definition) is 2. The molecule has 4 aliphatic rings. The molecule has 4 fully saturated rings. The van der Waals surface area contributed by atoms with Gasteiger partial charge in [0, 0.05) is 42.7 Å². The SMILES string of the molecule is C=C[C@@]1(C)CC(OC(=O)NC(=O)CC2CCN(C(=O)OCc3ccccc3)CC2)C2(C)C(C)CCC3(CCC(=O)C32)C(C)[C@H]1O. The Kier molecular flexibility index (Phi) is 9.50. The first-order valence-electron chi connectivity index (χ1n) is 16.6. The van der Waals surface area contributed by atoms with Crippen molar-refractivity contribution in [3.63, 3.8) is 0 Å². The van der Waals surface area contributed by atoms with E-state index in [0.29, 0.717) is 38.8 Å². The number of amides is 3. The van der Waals surface area contributed by atoms with Crippen LogP contribution in [0.4, 0.5) is 9.59 Å². The fourth-order valence-electron chi connectivity index (χ4n) is 9.22. The molecule has 0 aromatic heterocycles. The molecule has 1 saturated heterocycles. The Morgan fingerprint density at radius 3 is 2.44 bits per heavy atom. The van der Waals surface area contributed by atoms with Crippen molar-refractivity contribution in [2.24, 2.45) is 39.9 Å². The number of piperidine rings is 1. The number of aliphatic hydroxyl groups is 1. The van der Waals surface area contributed by atoms with Crippen LogP contribution in [-0.2, 0) is 25.7 Å². The average molecular weight is 623 g/mol. The number of likely N-dealkylation sites (tertiary alicyclic amines) is 1. The van der Waals surface area contributed by atoms with Crippen LogP contribution in [0.3, 0.4) is 0 Å². The zero-order valence-corrected chi connectivity index (χ0v) is 27.3. The highest BCUT2D eigenvalue weighted by molar-refractivity contribution is 5.92. The maximum Gasteiger partial charge on any atom is 0.414 e. The van der Waals surface area contributed by atoms with Gasteiger partial charge in [0.05, 0.1) is 6.10 Å². The van der Waals surface area contributed by atoms with Gasteiger partial charge in [-0.05, 0) is 67.3 Å². The molecule has 6 unspecified atom stereocenters. The quantitative estimate of drug-likeness (QED) is 0.371. The van der Waals surface area contributed by atoms with E-state index in [0.717, 1.165) is 24.8 Å². The molecule has 1 aliphatic heterocycles. The minimum Gasteiger partial charge on any atom is -0.445 e. The zero-order chi connectivity index (χ0) is 32.6. The summed E-state index contributed by atoms with van der Waals surface area (Å²) >= 11 is 0. The summed E-state index contributed by atoms with van der Waals surface area (Å²) in [7, 11) is 0. The summed E-state index contributed by atoms with van der Waals surface area (Å²) in [6.07, 6.45) is 3.75. The number of ketones is 1. The molecule has 2 N–H and O–H groups in total. The van der Waals surface area contributed by atoms with Gasteiger partial charge in [-0.3, -0.25) is 14.9 Å². The van der Waals surface area contributed by atoms with Crippen LogP contribution >= 0.6 is 0 Å². The fourth-order valence-corrected chi connectivity index (χ4v) is 9.22. The largest absolute Gasteiger partial charge is 0.445 e. The van der Waals surface area contributed by atoms with Crippen molar-refractivity contribution in [2.75, 3.05) is 13.1 Å². The highest BCUT2D eigenvalue weighted by Crippen LogP contribution is 2.68. The molecule has 3 amide bonds. The van der Waals surface area contributed by atoms with Crippen LogP contribution in [0, 0.1) is 39.9 Å². The number of nitrogens with one attached hydrogen (secondary N) is 1. The van der Waals surface area contributed by atoms with Crippen LogP contribution in [0.2, 0.25) is 0 Å². The number of nitrogens with zero attached hydrogens (tertiary/aromatic N) is 1. The number of rotatable bonds is 6. The van der Waals surface area contributed by atoms with Gasteiger partial charge in [0.15, 0.2) is 0 Å². The van der Waals surface area contributed by atoms with Gasteiger partial charge in [0.2, 0.25) is 5.91 Å². The van der Waals surface area contributed by atoms with Crippen molar-refractivity contribution < 1.29 is 33.8 Å². The number of carbonyl (C=O) groups excluding carboxylic acids is 4. The van der Waals surface area contributed by atoms with Crippen LogP contribution < -0.4 is 5.32 Å². The summed E-state index contributed by atoms with van der Waals surface area (Å²) in [6, 6.07) is 9.51. The number of ether oxygens (including phenoxy) is 2. The number of alkyl carbamates (subject to hydrolysis) is 1. The molecule has 5 rings (SSSR count). The Morgan fingerprint density at radius 1 is 1.09 bits per heavy atom. The molecule has 2 bridgehead atoms. The number of Topliss-reactive ketones (excluding diaryl/α,β-unsaturated/α-hetero) is 1. The Hall–Kier alpha value is -3.20. The van der Waals surface area contributed by atoms with Crippen molar-refractivity contribution in [3.05, 3.63) is 48.6 Å². The molecule has 246 valence electrons. The number of aliphatic hydroxyl groups excluding tert-OH is 1. The predicted molar refractivity (Wildman–Crippen MR) is 169 cm³/mol. The van der Waals surface area contributed by atoms with E-state index in [-0.39, 0.29) is 54.0 Å². The summed E-state index contributed by atoms with van der Waals surface area (Å²) in [5.74, 6) is -0.559. The van der Waals surface area contributed by atoms with E-state index >= 15 is 0 Å². The lowest BCUT2D eigenvalue weighted by atomic mass is 9.44. The molecule has 1 aromatic rings. The first kappa shape index (κ1) is 33.2. The van der Waals surface area contributed by atoms with Gasteiger partial charge in [0.25, 0.3) is 0 Å². The molecule has 3 aliphatic carbocycles. The standard InChI is InChI=1S/C36H50N2O7/c1-6-34(4)21-28(35(5)23(2)12-16-36(24(3)31(34)41)17-13-27(39)30(35)36)45-32(42)37-29(40)20-25-14-18-38(19-15-25)33(43)44-22-26-10-8-7-9-11-26/h6-11,23-25,28,30-31,41H,1,12-22H2,2-5H3,(H,37,40,42)/t23?,24?,28?,30?,31-,34+,35?,36?/m1/s1. The lowest BCUT2D eigenvalue weighted by Crippen LogP contribution is -2.63. The summed E-state index contributed by atoms with van der Waals surface area (Å²) in [5, 5.41) is 14.1. The van der Waals surface area contributed by atoms with Crippen molar-refractivity contribution >= 4 is 23.9 Å². The molecule has 0 spiro atoms. The molecule has 0 radical (unpaired) electrons. The molecule has 9 heteroatoms. The zero-order valence-electron chi connectivity index (χ0n) is 27.3. The molecule has 8 atom stereocenters. The third-order valence-corrected chi connectivity index (χ3v) is 12.3. The highest BCUT2D eigenvalue weighted by Gasteiger charge is 2.68. The Labute approximate surface area is 267 Å². The van der Waals surface area contributed by atoms with Gasteiger partial charge in [-0.15, -0.1) is 6.58 Å². The minimum atomic E-state index is -0.823. The molecule has 1 aromatic carbocycles. The van der Waals surface area contributed by atoms with Crippen molar-refractivity contribution in [3.8, 4) is 0 Å². The van der Waals surface area contributed by atoms with Gasteiger partial charge in [-0.25, -0.2) is 9.59 Å². The first-order chi connectivity index (χ1) is 21.3. The topological polar surface area (TPSA) is 122 Å². The number of hydrogen-bond acceptors (Lipinski definition) is 7. The van der Waals surface area contributed by atoms with Crippen LogP contribution in [0.5, 0.6) is 0 Å². The highest BCUT2D eigenvalue weighted by atomic mass is 16.6. The maximum atomic E-state index is 13.6. The molecule has 1 heterocycles. The fraction of sp³-hybridized carbons (Fsp3) is 0.667. The molecule has 3 saturated carbocycles. The van der Waals surface area contributed by atoms with E-state index in [4.69, 9.17) is 9.47 Å². The van der Waals surface area contributed by atoms with Gasteiger partial charge >= 0.3 is 12.2 Å². The average Bonchev–Trinajstić information content (AvgIpc) is 3.38. The van der Waals surface area contributed by atoms with Crippen LogP contribution in [0.15, 0.2) is 43.0 Å². The van der Waals surface area contributed by atoms with Gasteiger partial charge < -0.3 is 19.5 Å². The summed E-state index contributed by atoms with van der Waals surface area (Å²) in [5.41, 5.74) is -0.830. The van der Waals surface area contributed by atoms with Crippen LogP contribution in [0.1, 0.15) is 84.6 Å². The summed E-state index contributed by atoms with van der Waals surface area (Å²) < 4.78 is 11.6. The van der Waals surface area contributed by atoms with E-state index < -0.39 is 35.0 Å². The first-order valence-corrected chi connectivity index (χ1v) is 16.6. The maximum absolute atomic E-state index is 13.6. The van der Waals surface area contributed by atoms with Crippen LogP contribution in [-0.4, -0.2) is 59.2 Å². The summed E-state index contributed by atoms with van der Waals surface area (Å²) in [6.45, 7) is 13.4. The second-order valence-electron chi connectivity index (χ2n) is 14.7. The van der Waals surface area contributed by atoms with Gasteiger partial charge in [0.1, 0.15) is 18.5 Å². The van der Waals surface area contributed by atoms with Gasteiger partial charge in [-0.2, -0.15) is 0 Å². The van der Waals surface area contributed by atoms with Crippen molar-refractivity contribution in [1.82, 2.24) is 10.2 Å². The Morgan fingerprint density at radius 2 is 1.78 bits per heavy atom. The predicted octanol–water partition coefficient (Wildman–Crippen LogP) is 6.04. The van der Waals surface area contributed by atoms with Crippen molar-refractivity contribution in [2.45, 2.75) is 97.9 Å². The third-order valence-electron chi connectivity index (χ3n) is 12.3. The lowest BCUT2D eigenvalue weighted by molar-refractivity contribution is -0.191. The molecular formula is C36H50N2O7. The normalized spacial score (nSPS) is 36.7. The minimum absolute atomic E-state index is 0.0191. The molecular weight excluding hydrogens is 572 g/mol. The number of carbonyl (C=O) groups is 4.